The standard InChI is InChI=1S/C14H15ClFNO/c1-10(16)13-11(5-4-6-12(13)15)14(17-9-18)7-2-3-8-14/h4-6,10H,2-3,7-8H2,1H3. The Kier molecular flexibility index (Phi) is 3.84. The zero-order valence-corrected chi connectivity index (χ0v) is 11.0. The van der Waals surface area contributed by atoms with Gasteiger partial charge in [0.2, 0.25) is 6.08 Å². The fraction of sp³-hybridized carbons (Fsp3) is 0.500. The van der Waals surface area contributed by atoms with Crippen LogP contribution in [-0.4, -0.2) is 6.08 Å². The SMILES string of the molecule is CC(F)c1c(Cl)cccc1C1(N=C=O)CCCC1. The second kappa shape index (κ2) is 5.21. The molecule has 4 heteroatoms. The lowest BCUT2D eigenvalue weighted by atomic mass is 9.84. The molecule has 0 spiro atoms. The molecule has 0 bridgehead atoms. The average molecular weight is 268 g/mol. The maximum atomic E-state index is 13.8. The van der Waals surface area contributed by atoms with Crippen LogP contribution in [0.5, 0.6) is 0 Å². The van der Waals surface area contributed by atoms with Crippen molar-refractivity contribution in [1.29, 1.82) is 0 Å². The summed E-state index contributed by atoms with van der Waals surface area (Å²) in [5.41, 5.74) is 0.577. The Morgan fingerprint density at radius 1 is 1.44 bits per heavy atom. The lowest BCUT2D eigenvalue weighted by Crippen LogP contribution is -2.21. The first-order valence-electron chi connectivity index (χ1n) is 6.13. The topological polar surface area (TPSA) is 29.4 Å². The Labute approximate surface area is 111 Å². The van der Waals surface area contributed by atoms with Crippen molar-refractivity contribution in [2.45, 2.75) is 44.3 Å². The third-order valence-corrected chi connectivity index (χ3v) is 3.97. The van der Waals surface area contributed by atoms with E-state index in [-0.39, 0.29) is 0 Å². The molecule has 18 heavy (non-hydrogen) atoms. The van der Waals surface area contributed by atoms with Gasteiger partial charge >= 0.3 is 0 Å². The van der Waals surface area contributed by atoms with Crippen molar-refractivity contribution in [2.75, 3.05) is 0 Å². The lowest BCUT2D eigenvalue weighted by Gasteiger charge is -2.27. The zero-order chi connectivity index (χ0) is 13.2. The van der Waals surface area contributed by atoms with Gasteiger partial charge in [0.25, 0.3) is 0 Å². The Morgan fingerprint density at radius 3 is 2.67 bits per heavy atom. The van der Waals surface area contributed by atoms with Crippen LogP contribution in [0.3, 0.4) is 0 Å². The predicted octanol–water partition coefficient (Wildman–Crippen LogP) is 4.48. The van der Waals surface area contributed by atoms with Crippen molar-refractivity contribution < 1.29 is 9.18 Å². The Balaban J connectivity index is 2.62. The van der Waals surface area contributed by atoms with Crippen molar-refractivity contribution in [3.8, 4) is 0 Å². The molecule has 2 nitrogen and oxygen atoms in total. The van der Waals surface area contributed by atoms with Crippen LogP contribution in [0.1, 0.15) is 49.9 Å². The smallest absolute Gasteiger partial charge is 0.235 e. The van der Waals surface area contributed by atoms with E-state index >= 15 is 0 Å². The van der Waals surface area contributed by atoms with E-state index in [1.807, 2.05) is 6.07 Å². The third kappa shape index (κ3) is 2.21. The van der Waals surface area contributed by atoms with E-state index < -0.39 is 11.7 Å². The van der Waals surface area contributed by atoms with Crippen LogP contribution in [0.25, 0.3) is 0 Å². The molecule has 0 aromatic heterocycles. The molecule has 1 aromatic carbocycles. The van der Waals surface area contributed by atoms with Gasteiger partial charge in [-0.25, -0.2) is 9.18 Å². The molecule has 1 unspecified atom stereocenters. The predicted molar refractivity (Wildman–Crippen MR) is 69.2 cm³/mol. The van der Waals surface area contributed by atoms with E-state index in [4.69, 9.17) is 11.6 Å². The summed E-state index contributed by atoms with van der Waals surface area (Å²) in [5, 5.41) is 0.398. The van der Waals surface area contributed by atoms with Crippen molar-refractivity contribution in [2.24, 2.45) is 4.99 Å². The first-order chi connectivity index (χ1) is 8.60. The van der Waals surface area contributed by atoms with Gasteiger partial charge < -0.3 is 0 Å². The first-order valence-corrected chi connectivity index (χ1v) is 6.50. The normalized spacial score (nSPS) is 19.3. The molecule has 0 N–H and O–H groups in total. The maximum absolute atomic E-state index is 13.8. The molecule has 96 valence electrons. The summed E-state index contributed by atoms with van der Waals surface area (Å²) in [5.74, 6) is 0. The van der Waals surface area contributed by atoms with Gasteiger partial charge in [0.1, 0.15) is 6.17 Å². The van der Waals surface area contributed by atoms with Gasteiger partial charge in [-0.15, -0.1) is 0 Å². The summed E-state index contributed by atoms with van der Waals surface area (Å²) >= 11 is 6.08. The molecule has 1 aromatic rings. The van der Waals surface area contributed by atoms with Crippen LogP contribution in [0.4, 0.5) is 4.39 Å². The van der Waals surface area contributed by atoms with Gasteiger partial charge in [0.15, 0.2) is 0 Å². The molecule has 0 saturated heterocycles. The minimum Gasteiger partial charge on any atom is -0.243 e. The average Bonchev–Trinajstić information content (AvgIpc) is 2.78. The van der Waals surface area contributed by atoms with Crippen molar-refractivity contribution in [3.63, 3.8) is 0 Å². The van der Waals surface area contributed by atoms with Gasteiger partial charge in [-0.1, -0.05) is 36.6 Å². The summed E-state index contributed by atoms with van der Waals surface area (Å²) < 4.78 is 13.8. The molecular weight excluding hydrogens is 253 g/mol. The Bertz CT molecular complexity index is 489. The molecule has 0 heterocycles. The van der Waals surface area contributed by atoms with Crippen LogP contribution in [0.15, 0.2) is 23.2 Å². The molecular formula is C14H15ClFNO. The zero-order valence-electron chi connectivity index (χ0n) is 10.2. The fourth-order valence-corrected chi connectivity index (χ4v) is 3.16. The summed E-state index contributed by atoms with van der Waals surface area (Å²) in [7, 11) is 0. The highest BCUT2D eigenvalue weighted by Crippen LogP contribution is 2.46. The molecule has 1 atom stereocenters. The molecule has 1 saturated carbocycles. The lowest BCUT2D eigenvalue weighted by molar-refractivity contribution is 0.359. The van der Waals surface area contributed by atoms with E-state index in [1.54, 1.807) is 18.2 Å². The Morgan fingerprint density at radius 2 is 2.11 bits per heavy atom. The molecule has 0 aliphatic heterocycles. The second-order valence-corrected chi connectivity index (χ2v) is 5.17. The minimum atomic E-state index is -1.17. The number of carbonyl (C=O) groups excluding carboxylic acids is 1. The number of alkyl halides is 1. The van der Waals surface area contributed by atoms with E-state index in [1.165, 1.54) is 6.92 Å². The van der Waals surface area contributed by atoms with Crippen LogP contribution in [0, 0.1) is 0 Å². The summed E-state index contributed by atoms with van der Waals surface area (Å²) in [4.78, 5) is 14.7. The summed E-state index contributed by atoms with van der Waals surface area (Å²) in [6, 6.07) is 5.27. The number of hydrogen-bond donors (Lipinski definition) is 0. The minimum absolute atomic E-state index is 0.398. The van der Waals surface area contributed by atoms with Gasteiger partial charge in [0, 0.05) is 10.6 Å². The van der Waals surface area contributed by atoms with E-state index in [0.717, 1.165) is 31.2 Å². The number of rotatable bonds is 3. The number of nitrogens with zero attached hydrogens (tertiary/aromatic N) is 1. The maximum Gasteiger partial charge on any atom is 0.235 e. The van der Waals surface area contributed by atoms with E-state index in [0.29, 0.717) is 10.6 Å². The van der Waals surface area contributed by atoms with Crippen molar-refractivity contribution >= 4 is 17.7 Å². The molecule has 1 fully saturated rings. The molecule has 0 radical (unpaired) electrons. The number of halogens is 2. The van der Waals surface area contributed by atoms with Crippen LogP contribution in [0.2, 0.25) is 5.02 Å². The molecule has 1 aliphatic rings. The van der Waals surface area contributed by atoms with Crippen molar-refractivity contribution in [1.82, 2.24) is 0 Å². The number of aliphatic imine (C=N–C) groups is 1. The van der Waals surface area contributed by atoms with Crippen LogP contribution in [-0.2, 0) is 10.3 Å². The van der Waals surface area contributed by atoms with E-state index in [9.17, 15) is 9.18 Å². The van der Waals surface area contributed by atoms with Gasteiger partial charge in [-0.3, -0.25) is 0 Å². The summed E-state index contributed by atoms with van der Waals surface area (Å²) in [6.45, 7) is 1.46. The highest BCUT2D eigenvalue weighted by molar-refractivity contribution is 6.31. The van der Waals surface area contributed by atoms with Gasteiger partial charge in [-0.2, -0.15) is 4.99 Å². The monoisotopic (exact) mass is 267 g/mol. The van der Waals surface area contributed by atoms with Gasteiger partial charge in [0.05, 0.1) is 5.54 Å². The van der Waals surface area contributed by atoms with Crippen molar-refractivity contribution in [3.05, 3.63) is 34.3 Å². The molecule has 0 amide bonds. The number of benzene rings is 1. The highest BCUT2D eigenvalue weighted by atomic mass is 35.5. The van der Waals surface area contributed by atoms with E-state index in [2.05, 4.69) is 4.99 Å². The highest BCUT2D eigenvalue weighted by Gasteiger charge is 2.38. The molecule has 2 rings (SSSR count). The first kappa shape index (κ1) is 13.3. The number of hydrogen-bond acceptors (Lipinski definition) is 2. The van der Waals surface area contributed by atoms with Gasteiger partial charge in [-0.05, 0) is 31.4 Å². The Hall–Kier alpha value is -1.18. The quantitative estimate of drug-likeness (QED) is 0.587. The third-order valence-electron chi connectivity index (χ3n) is 3.64. The fourth-order valence-electron chi connectivity index (χ4n) is 2.84. The largest absolute Gasteiger partial charge is 0.243 e. The second-order valence-electron chi connectivity index (χ2n) is 4.76. The van der Waals surface area contributed by atoms with Crippen LogP contribution < -0.4 is 0 Å². The summed E-state index contributed by atoms with van der Waals surface area (Å²) in [6.07, 6.45) is 3.94. The van der Waals surface area contributed by atoms with Crippen LogP contribution >= 0.6 is 11.6 Å². The molecule has 1 aliphatic carbocycles. The number of isocyanates is 1.